The van der Waals surface area contributed by atoms with E-state index in [1.807, 2.05) is 0 Å². The first-order chi connectivity index (χ1) is 13.3. The number of ketones is 1. The molecule has 0 saturated heterocycles. The van der Waals surface area contributed by atoms with Crippen LogP contribution in [0.5, 0.6) is 5.75 Å². The van der Waals surface area contributed by atoms with Crippen LogP contribution in [0.3, 0.4) is 0 Å². The van der Waals surface area contributed by atoms with E-state index in [-0.39, 0.29) is 37.0 Å². The van der Waals surface area contributed by atoms with E-state index in [1.54, 1.807) is 37.4 Å². The molecule has 1 aliphatic rings. The third kappa shape index (κ3) is 4.17. The van der Waals surface area contributed by atoms with Crippen LogP contribution in [-0.2, 0) is 9.59 Å². The fraction of sp³-hybridized carbons (Fsp3) is 0.200. The van der Waals surface area contributed by atoms with E-state index in [2.05, 4.69) is 5.32 Å². The Kier molecular flexibility index (Phi) is 5.39. The van der Waals surface area contributed by atoms with Crippen LogP contribution in [0.2, 0.25) is 0 Å². The highest BCUT2D eigenvalue weighted by atomic mass is 16.5. The second-order valence-corrected chi connectivity index (χ2v) is 6.34. The van der Waals surface area contributed by atoms with Crippen LogP contribution in [0, 0.1) is 0 Å². The number of carbonyl (C=O) groups excluding carboxylic acids is 4. The predicted molar refractivity (Wildman–Crippen MR) is 103 cm³/mol. The van der Waals surface area contributed by atoms with E-state index in [9.17, 15) is 19.2 Å². The summed E-state index contributed by atoms with van der Waals surface area (Å²) in [5, 5.41) is 2.66. The van der Waals surface area contributed by atoms with E-state index in [0.29, 0.717) is 28.3 Å². The van der Waals surface area contributed by atoms with Crippen molar-refractivity contribution >= 4 is 34.9 Å². The highest BCUT2D eigenvalue weighted by molar-refractivity contribution is 6.03. The Bertz CT molecular complexity index is 953. The number of anilines is 2. The average molecular weight is 381 g/mol. The molecule has 0 aliphatic carbocycles. The Morgan fingerprint density at radius 2 is 1.75 bits per heavy atom. The van der Waals surface area contributed by atoms with Crippen LogP contribution in [0.15, 0.2) is 42.5 Å². The molecule has 0 aromatic heterocycles. The summed E-state index contributed by atoms with van der Waals surface area (Å²) in [6.45, 7) is -0.0304. The fourth-order valence-corrected chi connectivity index (χ4v) is 2.76. The second-order valence-electron chi connectivity index (χ2n) is 6.34. The maximum absolute atomic E-state index is 12.4. The lowest BCUT2D eigenvalue weighted by molar-refractivity contribution is -0.121. The Hall–Kier alpha value is -3.68. The molecule has 0 bridgehead atoms. The molecule has 28 heavy (non-hydrogen) atoms. The number of benzene rings is 2. The normalized spacial score (nSPS) is 12.8. The summed E-state index contributed by atoms with van der Waals surface area (Å²) in [5.74, 6) is -0.747. The second kappa shape index (κ2) is 7.91. The number of ether oxygens (including phenoxy) is 1. The minimum atomic E-state index is -0.550. The zero-order valence-corrected chi connectivity index (χ0v) is 15.2. The molecule has 1 heterocycles. The molecule has 2 aromatic carbocycles. The van der Waals surface area contributed by atoms with Crippen LogP contribution in [0.4, 0.5) is 11.4 Å². The van der Waals surface area contributed by atoms with Gasteiger partial charge in [0.2, 0.25) is 11.8 Å². The molecule has 3 amide bonds. The maximum Gasteiger partial charge on any atom is 0.264 e. The number of nitrogens with zero attached hydrogens (tertiary/aromatic N) is 1. The van der Waals surface area contributed by atoms with Crippen LogP contribution in [0.1, 0.15) is 33.6 Å². The van der Waals surface area contributed by atoms with E-state index in [1.165, 1.54) is 17.0 Å². The van der Waals surface area contributed by atoms with Gasteiger partial charge in [-0.2, -0.15) is 0 Å². The molecule has 0 fully saturated rings. The fourth-order valence-electron chi connectivity index (χ4n) is 2.76. The quantitative estimate of drug-likeness (QED) is 0.739. The van der Waals surface area contributed by atoms with Gasteiger partial charge in [0, 0.05) is 36.7 Å². The van der Waals surface area contributed by atoms with Crippen LogP contribution >= 0.6 is 0 Å². The van der Waals surface area contributed by atoms with Crippen molar-refractivity contribution in [1.29, 1.82) is 0 Å². The van der Waals surface area contributed by atoms with Gasteiger partial charge in [0.25, 0.3) is 5.91 Å². The molecule has 0 saturated carbocycles. The number of hydrogen-bond donors (Lipinski definition) is 2. The van der Waals surface area contributed by atoms with Gasteiger partial charge in [0.05, 0.1) is 5.69 Å². The van der Waals surface area contributed by atoms with Crippen molar-refractivity contribution in [2.75, 3.05) is 23.9 Å². The molecule has 0 unspecified atom stereocenters. The standard InChI is InChI=1S/C20H19N3O5/c1-23-15-10-13(4-8-17(15)28-11-19(23)26)16(24)7-9-18(25)22-14-5-2-12(3-6-14)20(21)27/h2-6,8,10H,7,9,11H2,1H3,(H2,21,27)(H,22,25). The van der Waals surface area contributed by atoms with Gasteiger partial charge in [0.1, 0.15) is 5.75 Å². The Balaban J connectivity index is 1.58. The number of nitrogens with two attached hydrogens (primary N) is 1. The van der Waals surface area contributed by atoms with Crippen molar-refractivity contribution in [2.45, 2.75) is 12.8 Å². The summed E-state index contributed by atoms with van der Waals surface area (Å²) in [4.78, 5) is 48.7. The van der Waals surface area contributed by atoms with Gasteiger partial charge in [-0.25, -0.2) is 0 Å². The first kappa shape index (κ1) is 19.1. The molecule has 8 nitrogen and oxygen atoms in total. The SMILES string of the molecule is CN1C(=O)COc2ccc(C(=O)CCC(=O)Nc3ccc(C(N)=O)cc3)cc21. The Morgan fingerprint density at radius 3 is 2.43 bits per heavy atom. The lowest BCUT2D eigenvalue weighted by Gasteiger charge is -2.26. The molecule has 8 heteroatoms. The van der Waals surface area contributed by atoms with Gasteiger partial charge >= 0.3 is 0 Å². The molecule has 2 aromatic rings. The molecule has 0 spiro atoms. The predicted octanol–water partition coefficient (Wildman–Crippen LogP) is 1.74. The highest BCUT2D eigenvalue weighted by Crippen LogP contribution is 2.32. The van der Waals surface area contributed by atoms with Crippen molar-refractivity contribution in [1.82, 2.24) is 0 Å². The molecule has 1 aliphatic heterocycles. The van der Waals surface area contributed by atoms with Crippen LogP contribution in [-0.4, -0.2) is 37.2 Å². The summed E-state index contributed by atoms with van der Waals surface area (Å²) < 4.78 is 5.33. The summed E-state index contributed by atoms with van der Waals surface area (Å²) in [6, 6.07) is 11.0. The number of hydrogen-bond acceptors (Lipinski definition) is 5. The van der Waals surface area contributed by atoms with Gasteiger partial charge in [0.15, 0.2) is 12.4 Å². The number of carbonyl (C=O) groups is 4. The van der Waals surface area contributed by atoms with Gasteiger partial charge < -0.3 is 20.7 Å². The number of rotatable bonds is 6. The molecular formula is C20H19N3O5. The lowest BCUT2D eigenvalue weighted by atomic mass is 10.0. The zero-order valence-electron chi connectivity index (χ0n) is 15.2. The van der Waals surface area contributed by atoms with Crippen molar-refractivity contribution < 1.29 is 23.9 Å². The zero-order chi connectivity index (χ0) is 20.3. The third-order valence-corrected chi connectivity index (χ3v) is 4.40. The average Bonchev–Trinajstić information content (AvgIpc) is 2.69. The van der Waals surface area contributed by atoms with E-state index in [4.69, 9.17) is 10.5 Å². The van der Waals surface area contributed by atoms with Crippen LogP contribution < -0.4 is 20.7 Å². The molecule has 0 radical (unpaired) electrons. The number of Topliss-reactive ketones (excluding diaryl/α,β-unsaturated/α-hetero) is 1. The third-order valence-electron chi connectivity index (χ3n) is 4.40. The van der Waals surface area contributed by atoms with E-state index >= 15 is 0 Å². The molecule has 144 valence electrons. The smallest absolute Gasteiger partial charge is 0.264 e. The summed E-state index contributed by atoms with van der Waals surface area (Å²) >= 11 is 0. The van der Waals surface area contributed by atoms with Crippen LogP contribution in [0.25, 0.3) is 0 Å². The maximum atomic E-state index is 12.4. The van der Waals surface area contributed by atoms with E-state index in [0.717, 1.165) is 0 Å². The van der Waals surface area contributed by atoms with Gasteiger partial charge in [-0.05, 0) is 42.5 Å². The summed E-state index contributed by atoms with van der Waals surface area (Å²) in [7, 11) is 1.62. The van der Waals surface area contributed by atoms with Crippen molar-refractivity contribution in [2.24, 2.45) is 5.73 Å². The van der Waals surface area contributed by atoms with Crippen molar-refractivity contribution in [3.8, 4) is 5.75 Å². The lowest BCUT2D eigenvalue weighted by Crippen LogP contribution is -2.35. The van der Waals surface area contributed by atoms with Crippen molar-refractivity contribution in [3.05, 3.63) is 53.6 Å². The molecule has 3 N–H and O–H groups in total. The molecular weight excluding hydrogens is 362 g/mol. The Morgan fingerprint density at radius 1 is 1.07 bits per heavy atom. The van der Waals surface area contributed by atoms with E-state index < -0.39 is 5.91 Å². The molecule has 3 rings (SSSR count). The topological polar surface area (TPSA) is 119 Å². The van der Waals surface area contributed by atoms with Gasteiger partial charge in [-0.3, -0.25) is 19.2 Å². The highest BCUT2D eigenvalue weighted by Gasteiger charge is 2.23. The van der Waals surface area contributed by atoms with Crippen molar-refractivity contribution in [3.63, 3.8) is 0 Å². The number of fused-ring (bicyclic) bond motifs is 1. The minimum Gasteiger partial charge on any atom is -0.482 e. The largest absolute Gasteiger partial charge is 0.482 e. The number of nitrogens with one attached hydrogen (secondary N) is 1. The minimum absolute atomic E-state index is 0.00123. The summed E-state index contributed by atoms with van der Waals surface area (Å²) in [5.41, 5.74) is 6.95. The number of amides is 3. The Labute approximate surface area is 161 Å². The number of likely N-dealkylation sites (N-methyl/N-ethyl adjacent to an activating group) is 1. The molecule has 0 atom stereocenters. The first-order valence-corrected chi connectivity index (χ1v) is 8.61. The van der Waals surface area contributed by atoms with Gasteiger partial charge in [-0.15, -0.1) is 0 Å². The number of primary amides is 1. The van der Waals surface area contributed by atoms with Gasteiger partial charge in [-0.1, -0.05) is 0 Å². The first-order valence-electron chi connectivity index (χ1n) is 8.61. The monoisotopic (exact) mass is 381 g/mol. The summed E-state index contributed by atoms with van der Waals surface area (Å²) in [6.07, 6.45) is 0.0151.